The Morgan fingerprint density at radius 1 is 1.04 bits per heavy atom. The maximum absolute atomic E-state index is 12.9. The second-order valence-corrected chi connectivity index (χ2v) is 5.85. The molecule has 3 aromatic rings. The van der Waals surface area contributed by atoms with Crippen LogP contribution in [0.25, 0.3) is 11.4 Å². The number of nitrogens with one attached hydrogen (secondary N) is 1. The molecule has 0 amide bonds. The van der Waals surface area contributed by atoms with Crippen LogP contribution in [0.15, 0.2) is 48.5 Å². The van der Waals surface area contributed by atoms with Gasteiger partial charge in [0.2, 0.25) is 5.95 Å². The van der Waals surface area contributed by atoms with Gasteiger partial charge in [-0.15, -0.1) is 0 Å². The van der Waals surface area contributed by atoms with Crippen LogP contribution in [0.2, 0.25) is 5.02 Å². The summed E-state index contributed by atoms with van der Waals surface area (Å²) in [7, 11) is 0. The van der Waals surface area contributed by atoms with Crippen molar-refractivity contribution in [2.24, 2.45) is 0 Å². The summed E-state index contributed by atoms with van der Waals surface area (Å²) in [4.78, 5) is 12.6. The van der Waals surface area contributed by atoms with Crippen molar-refractivity contribution in [3.05, 3.63) is 59.1 Å². The van der Waals surface area contributed by atoms with Crippen LogP contribution < -0.4 is 10.1 Å². The van der Waals surface area contributed by atoms with E-state index in [-0.39, 0.29) is 23.5 Å². The Balaban J connectivity index is 1.98. The molecule has 0 saturated heterocycles. The third-order valence-electron chi connectivity index (χ3n) is 3.42. The summed E-state index contributed by atoms with van der Waals surface area (Å²) < 4.78 is 44.0. The maximum Gasteiger partial charge on any atom is 0.416 e. The summed E-state index contributed by atoms with van der Waals surface area (Å²) in [6, 6.07) is 11.7. The molecule has 9 heteroatoms. The van der Waals surface area contributed by atoms with Crippen molar-refractivity contribution in [1.82, 2.24) is 15.0 Å². The molecule has 0 bridgehead atoms. The van der Waals surface area contributed by atoms with Crippen molar-refractivity contribution >= 4 is 23.2 Å². The number of hydrogen-bond acceptors (Lipinski definition) is 5. The molecular formula is C18H14ClF3N4O. The lowest BCUT2D eigenvalue weighted by atomic mass is 10.2. The Morgan fingerprint density at radius 3 is 2.52 bits per heavy atom. The second kappa shape index (κ2) is 7.79. The highest BCUT2D eigenvalue weighted by Crippen LogP contribution is 2.31. The Bertz CT molecular complexity index is 950. The number of aromatic nitrogens is 3. The lowest BCUT2D eigenvalue weighted by Gasteiger charge is -2.11. The fourth-order valence-electron chi connectivity index (χ4n) is 2.27. The number of nitrogens with zero attached hydrogens (tertiary/aromatic N) is 3. The molecule has 1 N–H and O–H groups in total. The van der Waals surface area contributed by atoms with Crippen LogP contribution in [-0.2, 0) is 6.18 Å². The van der Waals surface area contributed by atoms with Gasteiger partial charge in [-0.25, -0.2) is 0 Å². The molecule has 0 radical (unpaired) electrons. The summed E-state index contributed by atoms with van der Waals surface area (Å²) in [5, 5.41) is 3.26. The van der Waals surface area contributed by atoms with Gasteiger partial charge >= 0.3 is 12.2 Å². The first-order valence-corrected chi connectivity index (χ1v) is 8.32. The number of alkyl halides is 3. The molecule has 1 heterocycles. The zero-order chi connectivity index (χ0) is 19.4. The number of hydrogen-bond donors (Lipinski definition) is 1. The molecule has 0 unspecified atom stereocenters. The molecule has 0 saturated carbocycles. The van der Waals surface area contributed by atoms with E-state index in [1.165, 1.54) is 12.1 Å². The van der Waals surface area contributed by atoms with Gasteiger partial charge in [0.1, 0.15) is 0 Å². The van der Waals surface area contributed by atoms with E-state index in [4.69, 9.17) is 16.3 Å². The van der Waals surface area contributed by atoms with Gasteiger partial charge in [-0.2, -0.15) is 28.1 Å². The van der Waals surface area contributed by atoms with E-state index in [0.29, 0.717) is 17.2 Å². The fraction of sp³-hybridized carbons (Fsp3) is 0.167. The molecule has 140 valence electrons. The standard InChI is InChI=1S/C18H14ClF3N4O/c1-2-27-17-25-15(11-5-3-7-13(19)9-11)24-16(26-17)23-14-8-4-6-12(10-14)18(20,21)22/h3-10H,2H2,1H3,(H,23,24,25,26). The van der Waals surface area contributed by atoms with Crippen molar-refractivity contribution in [2.75, 3.05) is 11.9 Å². The van der Waals surface area contributed by atoms with Crippen molar-refractivity contribution in [2.45, 2.75) is 13.1 Å². The molecule has 2 aromatic carbocycles. The SMILES string of the molecule is CCOc1nc(Nc2cccc(C(F)(F)F)c2)nc(-c2cccc(Cl)c2)n1. The zero-order valence-corrected chi connectivity index (χ0v) is 14.8. The highest BCUT2D eigenvalue weighted by molar-refractivity contribution is 6.30. The zero-order valence-electron chi connectivity index (χ0n) is 14.1. The number of ether oxygens (including phenoxy) is 1. The van der Waals surface area contributed by atoms with E-state index >= 15 is 0 Å². The highest BCUT2D eigenvalue weighted by Gasteiger charge is 2.30. The Labute approximate surface area is 158 Å². The molecule has 0 atom stereocenters. The van der Waals surface area contributed by atoms with Crippen LogP contribution in [0.4, 0.5) is 24.8 Å². The van der Waals surface area contributed by atoms with E-state index in [0.717, 1.165) is 12.1 Å². The highest BCUT2D eigenvalue weighted by atomic mass is 35.5. The monoisotopic (exact) mass is 394 g/mol. The third kappa shape index (κ3) is 4.85. The molecular weight excluding hydrogens is 381 g/mol. The van der Waals surface area contributed by atoms with Crippen LogP contribution in [0.1, 0.15) is 12.5 Å². The second-order valence-electron chi connectivity index (χ2n) is 5.41. The first kappa shape index (κ1) is 18.9. The van der Waals surface area contributed by atoms with Gasteiger partial charge in [-0.1, -0.05) is 29.8 Å². The van der Waals surface area contributed by atoms with E-state index in [1.54, 1.807) is 31.2 Å². The normalized spacial score (nSPS) is 11.3. The Kier molecular flexibility index (Phi) is 5.46. The maximum atomic E-state index is 12.9. The predicted octanol–water partition coefficient (Wildman–Crippen LogP) is 5.35. The molecule has 27 heavy (non-hydrogen) atoms. The van der Waals surface area contributed by atoms with Gasteiger partial charge in [-0.05, 0) is 37.3 Å². The summed E-state index contributed by atoms with van der Waals surface area (Å²) in [6.07, 6.45) is -4.45. The summed E-state index contributed by atoms with van der Waals surface area (Å²) in [5.74, 6) is 0.341. The van der Waals surface area contributed by atoms with Gasteiger partial charge < -0.3 is 10.1 Å². The minimum Gasteiger partial charge on any atom is -0.464 e. The first-order chi connectivity index (χ1) is 12.8. The molecule has 1 aromatic heterocycles. The van der Waals surface area contributed by atoms with Gasteiger partial charge in [0.25, 0.3) is 0 Å². The molecule has 0 fully saturated rings. The van der Waals surface area contributed by atoms with Crippen LogP contribution in [-0.4, -0.2) is 21.6 Å². The molecule has 0 aliphatic heterocycles. The number of anilines is 2. The van der Waals surface area contributed by atoms with Crippen LogP contribution in [0, 0.1) is 0 Å². The largest absolute Gasteiger partial charge is 0.464 e. The van der Waals surface area contributed by atoms with Crippen LogP contribution >= 0.6 is 11.6 Å². The van der Waals surface area contributed by atoms with Crippen LogP contribution in [0.3, 0.4) is 0 Å². The minimum atomic E-state index is -4.45. The quantitative estimate of drug-likeness (QED) is 0.631. The fourth-order valence-corrected chi connectivity index (χ4v) is 2.46. The van der Waals surface area contributed by atoms with Crippen molar-refractivity contribution < 1.29 is 17.9 Å². The predicted molar refractivity (Wildman–Crippen MR) is 96.2 cm³/mol. The minimum absolute atomic E-state index is 0.0527. The van der Waals surface area contributed by atoms with Crippen molar-refractivity contribution in [1.29, 1.82) is 0 Å². The lowest BCUT2D eigenvalue weighted by Crippen LogP contribution is -2.07. The summed E-state index contributed by atoms with van der Waals surface area (Å²) in [6.45, 7) is 2.09. The molecule has 0 aliphatic carbocycles. The molecule has 0 aliphatic rings. The first-order valence-electron chi connectivity index (χ1n) is 7.94. The summed E-state index contributed by atoms with van der Waals surface area (Å²) in [5.41, 5.74) is 0.0371. The third-order valence-corrected chi connectivity index (χ3v) is 3.65. The number of benzene rings is 2. The smallest absolute Gasteiger partial charge is 0.416 e. The molecule has 5 nitrogen and oxygen atoms in total. The van der Waals surface area contributed by atoms with E-state index in [9.17, 15) is 13.2 Å². The topological polar surface area (TPSA) is 59.9 Å². The number of halogens is 4. The average molecular weight is 395 g/mol. The van der Waals surface area contributed by atoms with Crippen LogP contribution in [0.5, 0.6) is 6.01 Å². The van der Waals surface area contributed by atoms with E-state index in [1.807, 2.05) is 0 Å². The summed E-state index contributed by atoms with van der Waals surface area (Å²) >= 11 is 6.00. The van der Waals surface area contributed by atoms with E-state index < -0.39 is 11.7 Å². The average Bonchev–Trinajstić information content (AvgIpc) is 2.61. The number of rotatable bonds is 5. The van der Waals surface area contributed by atoms with Crippen molar-refractivity contribution in [3.8, 4) is 17.4 Å². The van der Waals surface area contributed by atoms with Crippen molar-refractivity contribution in [3.63, 3.8) is 0 Å². The molecule has 3 rings (SSSR count). The van der Waals surface area contributed by atoms with Gasteiger partial charge in [0.05, 0.1) is 12.2 Å². The Hall–Kier alpha value is -2.87. The van der Waals surface area contributed by atoms with Gasteiger partial charge in [-0.3, -0.25) is 0 Å². The van der Waals surface area contributed by atoms with E-state index in [2.05, 4.69) is 20.3 Å². The van der Waals surface area contributed by atoms with Gasteiger partial charge in [0.15, 0.2) is 5.82 Å². The molecule has 0 spiro atoms. The lowest BCUT2D eigenvalue weighted by molar-refractivity contribution is -0.137. The van der Waals surface area contributed by atoms with Gasteiger partial charge in [0, 0.05) is 16.3 Å². The Morgan fingerprint density at radius 2 is 1.81 bits per heavy atom.